The molecule has 0 bridgehead atoms. The molecule has 0 radical (unpaired) electrons. The third-order valence-corrected chi connectivity index (χ3v) is 3.52. The van der Waals surface area contributed by atoms with Gasteiger partial charge < -0.3 is 10.0 Å². The van der Waals surface area contributed by atoms with E-state index in [4.69, 9.17) is 5.11 Å². The Kier molecular flexibility index (Phi) is 3.46. The number of carbonyl (C=O) groups is 2. The molecule has 1 aromatic rings. The number of aromatic nitrogens is 2. The van der Waals surface area contributed by atoms with Crippen LogP contribution in [0.3, 0.4) is 0 Å². The molecule has 6 nitrogen and oxygen atoms in total. The van der Waals surface area contributed by atoms with Crippen molar-refractivity contribution >= 4 is 11.9 Å². The smallest absolute Gasteiger partial charge is 0.408 e. The molecule has 0 spiro atoms. The number of alkyl halides is 3. The molecule has 0 aliphatic heterocycles. The number of hydrogen-bond donors (Lipinski definition) is 1. The van der Waals surface area contributed by atoms with Crippen molar-refractivity contribution in [3.05, 3.63) is 17.5 Å². The molecule has 1 saturated carbocycles. The van der Waals surface area contributed by atoms with Gasteiger partial charge in [-0.25, -0.2) is 4.79 Å². The number of likely N-dealkylation sites (N-methyl/N-ethyl adjacent to an activating group) is 1. The van der Waals surface area contributed by atoms with Crippen LogP contribution in [0.25, 0.3) is 0 Å². The molecule has 21 heavy (non-hydrogen) atoms. The fourth-order valence-electron chi connectivity index (χ4n) is 2.19. The van der Waals surface area contributed by atoms with Gasteiger partial charge in [-0.15, -0.1) is 0 Å². The average molecular weight is 305 g/mol. The van der Waals surface area contributed by atoms with Gasteiger partial charge >= 0.3 is 12.1 Å². The van der Waals surface area contributed by atoms with E-state index in [2.05, 4.69) is 5.10 Å². The molecular weight excluding hydrogens is 291 g/mol. The maximum Gasteiger partial charge on any atom is 0.408 e. The first-order valence-electron chi connectivity index (χ1n) is 6.19. The van der Waals surface area contributed by atoms with Crippen LogP contribution in [0.5, 0.6) is 0 Å². The lowest BCUT2D eigenvalue weighted by Crippen LogP contribution is -2.45. The molecule has 1 aromatic heterocycles. The Morgan fingerprint density at radius 1 is 1.48 bits per heavy atom. The number of nitrogens with zero attached hydrogens (tertiary/aromatic N) is 3. The number of hydrogen-bond acceptors (Lipinski definition) is 3. The molecular formula is C12H14F3N3O3. The van der Waals surface area contributed by atoms with Crippen molar-refractivity contribution in [2.45, 2.75) is 38.0 Å². The molecule has 0 unspecified atom stereocenters. The van der Waals surface area contributed by atoms with Crippen molar-refractivity contribution < 1.29 is 27.9 Å². The molecule has 1 heterocycles. The number of aryl methyl sites for hydroxylation is 1. The minimum absolute atomic E-state index is 0.260. The highest BCUT2D eigenvalue weighted by Gasteiger charge is 2.56. The van der Waals surface area contributed by atoms with Crippen molar-refractivity contribution in [2.75, 3.05) is 7.05 Å². The monoisotopic (exact) mass is 305 g/mol. The SMILES string of the molecule is Cc1cc(C(=O)N(C)C2(C(=O)O)CC2)n(CC(F)(F)F)n1. The average Bonchev–Trinajstić information content (AvgIpc) is 3.07. The molecule has 1 aliphatic rings. The summed E-state index contributed by atoms with van der Waals surface area (Å²) in [6.07, 6.45) is -3.94. The number of carboxylic acids is 1. The summed E-state index contributed by atoms with van der Waals surface area (Å²) in [7, 11) is 1.28. The van der Waals surface area contributed by atoms with Crippen LogP contribution in [0.2, 0.25) is 0 Å². The van der Waals surface area contributed by atoms with Crippen molar-refractivity contribution in [2.24, 2.45) is 0 Å². The first-order valence-corrected chi connectivity index (χ1v) is 6.19. The quantitative estimate of drug-likeness (QED) is 0.913. The molecule has 1 aliphatic carbocycles. The van der Waals surface area contributed by atoms with Crippen LogP contribution in [-0.4, -0.2) is 50.4 Å². The number of carboxylic acid groups (broad SMARTS) is 1. The molecule has 0 atom stereocenters. The van der Waals surface area contributed by atoms with Gasteiger partial charge in [-0.2, -0.15) is 18.3 Å². The number of carbonyl (C=O) groups excluding carboxylic acids is 1. The van der Waals surface area contributed by atoms with Gasteiger partial charge in [0.15, 0.2) is 0 Å². The van der Waals surface area contributed by atoms with Gasteiger partial charge in [-0.05, 0) is 25.8 Å². The van der Waals surface area contributed by atoms with Gasteiger partial charge in [0.05, 0.1) is 5.69 Å². The summed E-state index contributed by atoms with van der Waals surface area (Å²) in [4.78, 5) is 24.5. The number of amides is 1. The minimum atomic E-state index is -4.52. The van der Waals surface area contributed by atoms with E-state index < -0.39 is 30.1 Å². The lowest BCUT2D eigenvalue weighted by Gasteiger charge is -2.24. The summed E-state index contributed by atoms with van der Waals surface area (Å²) in [6.45, 7) is 0.0730. The zero-order valence-electron chi connectivity index (χ0n) is 11.4. The Balaban J connectivity index is 2.30. The molecule has 1 N–H and O–H groups in total. The molecule has 1 amide bonds. The second-order valence-electron chi connectivity index (χ2n) is 5.14. The summed E-state index contributed by atoms with van der Waals surface area (Å²) in [5.74, 6) is -1.93. The van der Waals surface area contributed by atoms with Crippen LogP contribution in [0, 0.1) is 6.92 Å². The summed E-state index contributed by atoms with van der Waals surface area (Å²) in [6, 6.07) is 1.22. The van der Waals surface area contributed by atoms with Gasteiger partial charge in [0.25, 0.3) is 5.91 Å². The van der Waals surface area contributed by atoms with Crippen molar-refractivity contribution in [1.29, 1.82) is 0 Å². The zero-order chi connectivity index (χ0) is 16.0. The normalized spacial score (nSPS) is 16.6. The van der Waals surface area contributed by atoms with Crippen molar-refractivity contribution in [1.82, 2.24) is 14.7 Å². The fraction of sp³-hybridized carbons (Fsp3) is 0.583. The molecule has 1 fully saturated rings. The third-order valence-electron chi connectivity index (χ3n) is 3.52. The van der Waals surface area contributed by atoms with E-state index in [-0.39, 0.29) is 24.2 Å². The molecule has 116 valence electrons. The van der Waals surface area contributed by atoms with Crippen LogP contribution in [-0.2, 0) is 11.3 Å². The summed E-state index contributed by atoms with van der Waals surface area (Å²) in [5.41, 5.74) is -1.31. The summed E-state index contributed by atoms with van der Waals surface area (Å²) < 4.78 is 38.0. The number of rotatable bonds is 4. The van der Waals surface area contributed by atoms with Crippen LogP contribution in [0.15, 0.2) is 6.07 Å². The maximum atomic E-state index is 12.5. The highest BCUT2D eigenvalue weighted by molar-refractivity contribution is 5.97. The predicted molar refractivity (Wildman–Crippen MR) is 64.7 cm³/mol. The zero-order valence-corrected chi connectivity index (χ0v) is 11.4. The van der Waals surface area contributed by atoms with E-state index in [1.165, 1.54) is 20.0 Å². The van der Waals surface area contributed by atoms with Gasteiger partial charge in [-0.1, -0.05) is 0 Å². The first-order chi connectivity index (χ1) is 9.57. The fourth-order valence-corrected chi connectivity index (χ4v) is 2.19. The van der Waals surface area contributed by atoms with E-state index in [9.17, 15) is 22.8 Å². The number of aliphatic carboxylic acids is 1. The van der Waals surface area contributed by atoms with E-state index in [0.29, 0.717) is 4.68 Å². The molecule has 9 heteroatoms. The Bertz CT molecular complexity index is 590. The summed E-state index contributed by atoms with van der Waals surface area (Å²) in [5, 5.41) is 12.8. The molecule has 0 saturated heterocycles. The Morgan fingerprint density at radius 2 is 2.05 bits per heavy atom. The van der Waals surface area contributed by atoms with Gasteiger partial charge in [0.1, 0.15) is 17.8 Å². The van der Waals surface area contributed by atoms with Crippen LogP contribution in [0.4, 0.5) is 13.2 Å². The maximum absolute atomic E-state index is 12.5. The Labute approximate surface area is 118 Å². The van der Waals surface area contributed by atoms with Gasteiger partial charge in [-0.3, -0.25) is 9.48 Å². The van der Waals surface area contributed by atoms with E-state index in [1.54, 1.807) is 0 Å². The number of halogens is 3. The summed E-state index contributed by atoms with van der Waals surface area (Å²) >= 11 is 0. The van der Waals surface area contributed by atoms with Crippen LogP contribution >= 0.6 is 0 Å². The van der Waals surface area contributed by atoms with Crippen LogP contribution < -0.4 is 0 Å². The third kappa shape index (κ3) is 2.86. The minimum Gasteiger partial charge on any atom is -0.479 e. The van der Waals surface area contributed by atoms with Crippen molar-refractivity contribution in [3.63, 3.8) is 0 Å². The Hall–Kier alpha value is -2.06. The standard InChI is InChI=1S/C12H14F3N3O3/c1-7-5-8(18(16-7)6-12(13,14)15)9(19)17(2)11(3-4-11)10(20)21/h5H,3-4,6H2,1-2H3,(H,20,21). The lowest BCUT2D eigenvalue weighted by molar-refractivity contribution is -0.145. The Morgan fingerprint density at radius 3 is 2.48 bits per heavy atom. The van der Waals surface area contributed by atoms with Crippen molar-refractivity contribution in [3.8, 4) is 0 Å². The first kappa shape index (κ1) is 15.3. The van der Waals surface area contributed by atoms with E-state index in [0.717, 1.165) is 4.90 Å². The topological polar surface area (TPSA) is 75.4 Å². The lowest BCUT2D eigenvalue weighted by atomic mass is 10.2. The van der Waals surface area contributed by atoms with Crippen LogP contribution in [0.1, 0.15) is 29.0 Å². The second-order valence-corrected chi connectivity index (χ2v) is 5.14. The highest BCUT2D eigenvalue weighted by Crippen LogP contribution is 2.41. The molecule has 0 aromatic carbocycles. The molecule has 2 rings (SSSR count). The predicted octanol–water partition coefficient (Wildman–Crippen LogP) is 1.44. The van der Waals surface area contributed by atoms with E-state index in [1.807, 2.05) is 0 Å². The van der Waals surface area contributed by atoms with Gasteiger partial charge in [0.2, 0.25) is 0 Å². The van der Waals surface area contributed by atoms with E-state index >= 15 is 0 Å². The van der Waals surface area contributed by atoms with Gasteiger partial charge in [0, 0.05) is 7.05 Å². The highest BCUT2D eigenvalue weighted by atomic mass is 19.4. The largest absolute Gasteiger partial charge is 0.479 e. The second kappa shape index (κ2) is 4.74.